The Kier molecular flexibility index (Phi) is 5.45. The minimum absolute atomic E-state index is 0.0650. The van der Waals surface area contributed by atoms with E-state index in [1.165, 1.54) is 0 Å². The van der Waals surface area contributed by atoms with Gasteiger partial charge in [0.25, 0.3) is 0 Å². The number of piperidine rings is 1. The van der Waals surface area contributed by atoms with Crippen molar-refractivity contribution in [1.82, 2.24) is 4.90 Å². The lowest BCUT2D eigenvalue weighted by Crippen LogP contribution is -2.43. The predicted molar refractivity (Wildman–Crippen MR) is 85.3 cm³/mol. The number of likely N-dealkylation sites (tertiary alicyclic amines) is 1. The maximum atomic E-state index is 11.9. The molecule has 0 radical (unpaired) electrons. The van der Waals surface area contributed by atoms with E-state index in [1.807, 2.05) is 0 Å². The molecule has 1 aliphatic rings. The molecule has 0 spiro atoms. The van der Waals surface area contributed by atoms with Gasteiger partial charge in [0.2, 0.25) is 5.91 Å². The molecule has 6 heteroatoms. The van der Waals surface area contributed by atoms with Gasteiger partial charge in [0.1, 0.15) is 0 Å². The Labute approximate surface area is 130 Å². The van der Waals surface area contributed by atoms with E-state index >= 15 is 0 Å². The monoisotopic (exact) mass is 311 g/mol. The molecule has 116 valence electrons. The number of anilines is 2. The van der Waals surface area contributed by atoms with Gasteiger partial charge in [0, 0.05) is 25.2 Å². The number of halogens is 1. The van der Waals surface area contributed by atoms with Gasteiger partial charge in [-0.15, -0.1) is 0 Å². The van der Waals surface area contributed by atoms with Gasteiger partial charge in [-0.2, -0.15) is 0 Å². The maximum absolute atomic E-state index is 11.9. The number of aliphatic hydroxyl groups excluding tert-OH is 1. The molecule has 1 aromatic carbocycles. The summed E-state index contributed by atoms with van der Waals surface area (Å²) in [6, 6.07) is 5.03. The minimum Gasteiger partial charge on any atom is -0.397 e. The van der Waals surface area contributed by atoms with Gasteiger partial charge >= 0.3 is 0 Å². The van der Waals surface area contributed by atoms with Crippen molar-refractivity contribution in [2.24, 2.45) is 5.92 Å². The van der Waals surface area contributed by atoms with Crippen molar-refractivity contribution in [3.05, 3.63) is 23.2 Å². The molecule has 1 aromatic rings. The highest BCUT2D eigenvalue weighted by Crippen LogP contribution is 2.22. The molecule has 1 saturated heterocycles. The van der Waals surface area contributed by atoms with Crippen molar-refractivity contribution in [2.75, 3.05) is 30.7 Å². The van der Waals surface area contributed by atoms with Crippen molar-refractivity contribution < 1.29 is 9.90 Å². The van der Waals surface area contributed by atoms with Crippen LogP contribution in [0.2, 0.25) is 5.02 Å². The van der Waals surface area contributed by atoms with Crippen LogP contribution in [0.4, 0.5) is 11.4 Å². The molecule has 2 unspecified atom stereocenters. The molecule has 2 atom stereocenters. The maximum Gasteiger partial charge on any atom is 0.225 e. The fourth-order valence-corrected chi connectivity index (χ4v) is 2.54. The first kappa shape index (κ1) is 16.1. The van der Waals surface area contributed by atoms with E-state index in [4.69, 9.17) is 17.3 Å². The molecule has 0 aliphatic carbocycles. The van der Waals surface area contributed by atoms with Crippen molar-refractivity contribution >= 4 is 28.9 Å². The minimum atomic E-state index is -0.294. The second-order valence-electron chi connectivity index (χ2n) is 5.67. The van der Waals surface area contributed by atoms with E-state index in [2.05, 4.69) is 17.1 Å². The summed E-state index contributed by atoms with van der Waals surface area (Å²) in [4.78, 5) is 14.0. The SMILES string of the molecule is CC1CCN(CCC(=O)Nc2ccc(Cl)c(N)c2)CC1O. The quantitative estimate of drug-likeness (QED) is 0.743. The first-order chi connectivity index (χ1) is 9.95. The van der Waals surface area contributed by atoms with Gasteiger partial charge < -0.3 is 21.1 Å². The van der Waals surface area contributed by atoms with E-state index in [1.54, 1.807) is 18.2 Å². The van der Waals surface area contributed by atoms with E-state index < -0.39 is 0 Å². The van der Waals surface area contributed by atoms with Crippen molar-refractivity contribution in [3.63, 3.8) is 0 Å². The Morgan fingerprint density at radius 3 is 3.00 bits per heavy atom. The Balaban J connectivity index is 1.78. The molecule has 21 heavy (non-hydrogen) atoms. The molecule has 1 heterocycles. The summed E-state index contributed by atoms with van der Waals surface area (Å²) in [5, 5.41) is 13.1. The van der Waals surface area contributed by atoms with Crippen LogP contribution in [-0.4, -0.2) is 41.7 Å². The Morgan fingerprint density at radius 2 is 2.33 bits per heavy atom. The standard InChI is InChI=1S/C15H22ClN3O2/c1-10-4-6-19(9-14(10)20)7-5-15(21)18-11-2-3-12(16)13(17)8-11/h2-3,8,10,14,20H,4-7,9,17H2,1H3,(H,18,21). The third-order valence-electron chi connectivity index (χ3n) is 3.94. The number of carbonyl (C=O) groups is 1. The molecule has 0 bridgehead atoms. The number of rotatable bonds is 4. The second-order valence-corrected chi connectivity index (χ2v) is 6.08. The number of benzene rings is 1. The van der Waals surface area contributed by atoms with E-state index in [9.17, 15) is 9.90 Å². The van der Waals surface area contributed by atoms with E-state index in [0.29, 0.717) is 41.8 Å². The van der Waals surface area contributed by atoms with Gasteiger partial charge in [0.05, 0.1) is 16.8 Å². The van der Waals surface area contributed by atoms with Crippen LogP contribution in [-0.2, 0) is 4.79 Å². The molecule has 1 fully saturated rings. The van der Waals surface area contributed by atoms with Crippen LogP contribution in [0, 0.1) is 5.92 Å². The number of nitrogens with zero attached hydrogens (tertiary/aromatic N) is 1. The summed E-state index contributed by atoms with van der Waals surface area (Å²) in [5.74, 6) is 0.275. The number of carbonyl (C=O) groups excluding carboxylic acids is 1. The van der Waals surface area contributed by atoms with E-state index in [-0.39, 0.29) is 12.0 Å². The van der Waals surface area contributed by atoms with E-state index in [0.717, 1.165) is 13.0 Å². The third kappa shape index (κ3) is 4.59. The molecule has 0 aromatic heterocycles. The van der Waals surface area contributed by atoms with Crippen LogP contribution < -0.4 is 11.1 Å². The van der Waals surface area contributed by atoms with Crippen molar-refractivity contribution in [2.45, 2.75) is 25.9 Å². The van der Waals surface area contributed by atoms with Crippen LogP contribution >= 0.6 is 11.6 Å². The third-order valence-corrected chi connectivity index (χ3v) is 4.28. The van der Waals surface area contributed by atoms with Crippen LogP contribution in [0.15, 0.2) is 18.2 Å². The fourth-order valence-electron chi connectivity index (χ4n) is 2.42. The van der Waals surface area contributed by atoms with Gasteiger partial charge in [-0.25, -0.2) is 0 Å². The fraction of sp³-hybridized carbons (Fsp3) is 0.533. The molecule has 2 rings (SSSR count). The summed E-state index contributed by atoms with van der Waals surface area (Å²) in [6.07, 6.45) is 1.07. The average Bonchev–Trinajstić information content (AvgIpc) is 2.44. The lowest BCUT2D eigenvalue weighted by molar-refractivity contribution is -0.116. The zero-order chi connectivity index (χ0) is 15.4. The van der Waals surface area contributed by atoms with Gasteiger partial charge in [-0.3, -0.25) is 4.79 Å². The van der Waals surface area contributed by atoms with Crippen molar-refractivity contribution in [1.29, 1.82) is 0 Å². The zero-order valence-electron chi connectivity index (χ0n) is 12.2. The Hall–Kier alpha value is -1.30. The molecular weight excluding hydrogens is 290 g/mol. The first-order valence-electron chi connectivity index (χ1n) is 7.21. The zero-order valence-corrected chi connectivity index (χ0v) is 12.9. The number of amides is 1. The van der Waals surface area contributed by atoms with Crippen LogP contribution in [0.25, 0.3) is 0 Å². The molecular formula is C15H22ClN3O2. The number of nitrogens with one attached hydrogen (secondary N) is 1. The van der Waals surface area contributed by atoms with Gasteiger partial charge in [0.15, 0.2) is 0 Å². The van der Waals surface area contributed by atoms with Crippen LogP contribution in [0.3, 0.4) is 0 Å². The number of nitrogens with two attached hydrogens (primary N) is 1. The average molecular weight is 312 g/mol. The highest BCUT2D eigenvalue weighted by Gasteiger charge is 2.24. The summed E-state index contributed by atoms with van der Waals surface area (Å²) >= 11 is 5.84. The lowest BCUT2D eigenvalue weighted by atomic mass is 9.96. The predicted octanol–water partition coefficient (Wildman–Crippen LogP) is 1.95. The first-order valence-corrected chi connectivity index (χ1v) is 7.59. The molecule has 5 nitrogen and oxygen atoms in total. The number of aliphatic hydroxyl groups is 1. The number of β-amino-alcohol motifs (C(OH)–C–C–N with tert-alkyl or cyclic N) is 1. The topological polar surface area (TPSA) is 78.6 Å². The smallest absolute Gasteiger partial charge is 0.225 e. The summed E-state index contributed by atoms with van der Waals surface area (Å²) in [7, 11) is 0. The van der Waals surface area contributed by atoms with Crippen LogP contribution in [0.5, 0.6) is 0 Å². The number of hydrogen-bond acceptors (Lipinski definition) is 4. The number of nitrogen functional groups attached to an aromatic ring is 1. The normalized spacial score (nSPS) is 23.0. The highest BCUT2D eigenvalue weighted by molar-refractivity contribution is 6.33. The van der Waals surface area contributed by atoms with Gasteiger partial charge in [-0.1, -0.05) is 18.5 Å². The second kappa shape index (κ2) is 7.11. The highest BCUT2D eigenvalue weighted by atomic mass is 35.5. The lowest BCUT2D eigenvalue weighted by Gasteiger charge is -2.34. The summed E-state index contributed by atoms with van der Waals surface area (Å²) < 4.78 is 0. The summed E-state index contributed by atoms with van der Waals surface area (Å²) in [5.41, 5.74) is 6.79. The number of hydrogen-bond donors (Lipinski definition) is 3. The summed E-state index contributed by atoms with van der Waals surface area (Å²) in [6.45, 7) is 4.28. The Morgan fingerprint density at radius 1 is 1.57 bits per heavy atom. The molecule has 4 N–H and O–H groups in total. The Bertz CT molecular complexity index is 510. The molecule has 1 amide bonds. The molecule has 1 aliphatic heterocycles. The molecule has 0 saturated carbocycles. The largest absolute Gasteiger partial charge is 0.397 e. The van der Waals surface area contributed by atoms with Crippen LogP contribution in [0.1, 0.15) is 19.8 Å². The van der Waals surface area contributed by atoms with Crippen molar-refractivity contribution in [3.8, 4) is 0 Å². The van der Waals surface area contributed by atoms with Gasteiger partial charge in [-0.05, 0) is 37.1 Å².